The minimum absolute atomic E-state index is 0.0131. The normalized spacial score (nSPS) is 18.4. The Kier molecular flexibility index (Phi) is 4.63. The van der Waals surface area contributed by atoms with Gasteiger partial charge in [-0.3, -0.25) is 14.4 Å². The second-order valence-corrected chi connectivity index (χ2v) is 7.55. The molecule has 0 aromatic carbocycles. The van der Waals surface area contributed by atoms with Crippen molar-refractivity contribution >= 4 is 11.8 Å². The summed E-state index contributed by atoms with van der Waals surface area (Å²) >= 11 is 0. The Morgan fingerprint density at radius 1 is 1.35 bits per heavy atom. The van der Waals surface area contributed by atoms with Gasteiger partial charge < -0.3 is 15.2 Å². The topological polar surface area (TPSA) is 82.3 Å². The first-order valence-electron chi connectivity index (χ1n) is 7.86. The van der Waals surface area contributed by atoms with E-state index in [2.05, 4.69) is 31.1 Å². The standard InChI is InChI=1S/C17H25N3O3/c1-10-6-11(2)18-15(22)14(10)16(23)19-12-7-13(21)20(8-12)9-17(3,4)5/h6,12H,7-9H2,1-5H3,(H,18,22)(H,19,23)/t12-/m0/s1. The monoisotopic (exact) mass is 319 g/mol. The molecule has 1 aliphatic heterocycles. The summed E-state index contributed by atoms with van der Waals surface area (Å²) in [6.45, 7) is 10.9. The van der Waals surface area contributed by atoms with Crippen LogP contribution in [-0.4, -0.2) is 40.8 Å². The zero-order chi connectivity index (χ0) is 17.4. The van der Waals surface area contributed by atoms with Gasteiger partial charge in [0.2, 0.25) is 5.91 Å². The summed E-state index contributed by atoms with van der Waals surface area (Å²) < 4.78 is 0. The van der Waals surface area contributed by atoms with Gasteiger partial charge in [0.05, 0.1) is 6.04 Å². The molecule has 126 valence electrons. The lowest BCUT2D eigenvalue weighted by Gasteiger charge is -2.26. The van der Waals surface area contributed by atoms with Crippen molar-refractivity contribution in [3.63, 3.8) is 0 Å². The van der Waals surface area contributed by atoms with Crippen LogP contribution in [0.3, 0.4) is 0 Å². The Bertz CT molecular complexity index is 685. The van der Waals surface area contributed by atoms with Gasteiger partial charge in [0.1, 0.15) is 5.56 Å². The van der Waals surface area contributed by atoms with Gasteiger partial charge in [-0.15, -0.1) is 0 Å². The third kappa shape index (κ3) is 4.21. The van der Waals surface area contributed by atoms with E-state index in [0.29, 0.717) is 18.7 Å². The number of H-pyrrole nitrogens is 1. The number of aryl methyl sites for hydroxylation is 2. The number of likely N-dealkylation sites (tertiary alicyclic amines) is 1. The van der Waals surface area contributed by atoms with E-state index in [1.807, 2.05) is 0 Å². The maximum atomic E-state index is 12.4. The van der Waals surface area contributed by atoms with Crippen LogP contribution in [-0.2, 0) is 4.79 Å². The molecular formula is C17H25N3O3. The second-order valence-electron chi connectivity index (χ2n) is 7.55. The number of nitrogens with zero attached hydrogens (tertiary/aromatic N) is 1. The quantitative estimate of drug-likeness (QED) is 0.883. The number of rotatable bonds is 3. The maximum Gasteiger partial charge on any atom is 0.261 e. The summed E-state index contributed by atoms with van der Waals surface area (Å²) in [6.07, 6.45) is 0.282. The van der Waals surface area contributed by atoms with E-state index in [-0.39, 0.29) is 29.3 Å². The van der Waals surface area contributed by atoms with Crippen LogP contribution in [0.25, 0.3) is 0 Å². The molecule has 0 bridgehead atoms. The number of hydrogen-bond acceptors (Lipinski definition) is 3. The SMILES string of the molecule is Cc1cc(C)c(C(=O)N[C@H]2CC(=O)N(CC(C)(C)C)C2)c(=O)[nH]1. The van der Waals surface area contributed by atoms with E-state index in [0.717, 1.165) is 5.69 Å². The molecule has 1 aromatic heterocycles. The Morgan fingerprint density at radius 2 is 2.00 bits per heavy atom. The minimum atomic E-state index is -0.417. The maximum absolute atomic E-state index is 12.4. The predicted octanol–water partition coefficient (Wildman–Crippen LogP) is 1.37. The third-order valence-corrected chi connectivity index (χ3v) is 3.81. The van der Waals surface area contributed by atoms with Crippen LogP contribution in [0.15, 0.2) is 10.9 Å². The van der Waals surface area contributed by atoms with E-state index in [4.69, 9.17) is 0 Å². The Hall–Kier alpha value is -2.11. The van der Waals surface area contributed by atoms with E-state index >= 15 is 0 Å². The van der Waals surface area contributed by atoms with Crippen molar-refractivity contribution in [3.8, 4) is 0 Å². The lowest BCUT2D eigenvalue weighted by Crippen LogP contribution is -2.41. The molecule has 1 atom stereocenters. The molecule has 0 radical (unpaired) electrons. The first-order chi connectivity index (χ1) is 10.6. The molecule has 2 amide bonds. The van der Waals surface area contributed by atoms with E-state index in [1.165, 1.54) is 0 Å². The van der Waals surface area contributed by atoms with Gasteiger partial charge in [-0.25, -0.2) is 0 Å². The summed E-state index contributed by atoms with van der Waals surface area (Å²) in [7, 11) is 0. The first kappa shape index (κ1) is 17.2. The molecule has 0 aliphatic carbocycles. The number of amides is 2. The van der Waals surface area contributed by atoms with Gasteiger partial charge >= 0.3 is 0 Å². The molecule has 2 heterocycles. The smallest absolute Gasteiger partial charge is 0.261 e. The zero-order valence-electron chi connectivity index (χ0n) is 14.4. The molecule has 0 spiro atoms. The van der Waals surface area contributed by atoms with Crippen LogP contribution in [0.1, 0.15) is 48.8 Å². The Labute approximate surface area is 136 Å². The van der Waals surface area contributed by atoms with Crippen LogP contribution >= 0.6 is 0 Å². The molecule has 1 aliphatic rings. The van der Waals surface area contributed by atoms with Crippen molar-refractivity contribution < 1.29 is 9.59 Å². The van der Waals surface area contributed by atoms with Crippen molar-refractivity contribution in [1.82, 2.24) is 15.2 Å². The van der Waals surface area contributed by atoms with E-state index in [9.17, 15) is 14.4 Å². The first-order valence-corrected chi connectivity index (χ1v) is 7.86. The third-order valence-electron chi connectivity index (χ3n) is 3.81. The minimum Gasteiger partial charge on any atom is -0.347 e. The van der Waals surface area contributed by atoms with Gasteiger partial charge in [0.25, 0.3) is 11.5 Å². The summed E-state index contributed by atoms with van der Waals surface area (Å²) in [5.41, 5.74) is 1.10. The van der Waals surface area contributed by atoms with Crippen molar-refractivity contribution in [2.75, 3.05) is 13.1 Å². The van der Waals surface area contributed by atoms with Crippen molar-refractivity contribution in [2.24, 2.45) is 5.41 Å². The Balaban J connectivity index is 2.08. The molecule has 0 saturated carbocycles. The lowest BCUT2D eigenvalue weighted by molar-refractivity contribution is -0.128. The summed E-state index contributed by atoms with van der Waals surface area (Å²) in [5.74, 6) is -0.376. The molecule has 6 nitrogen and oxygen atoms in total. The van der Waals surface area contributed by atoms with Crippen LogP contribution in [0.5, 0.6) is 0 Å². The largest absolute Gasteiger partial charge is 0.347 e. The lowest BCUT2D eigenvalue weighted by atomic mass is 9.96. The highest BCUT2D eigenvalue weighted by Gasteiger charge is 2.33. The van der Waals surface area contributed by atoms with Gasteiger partial charge in [-0.1, -0.05) is 20.8 Å². The van der Waals surface area contributed by atoms with Gasteiger partial charge in [0, 0.05) is 25.2 Å². The van der Waals surface area contributed by atoms with Crippen molar-refractivity contribution in [1.29, 1.82) is 0 Å². The number of hydrogen-bond donors (Lipinski definition) is 2. The fraction of sp³-hybridized carbons (Fsp3) is 0.588. The average Bonchev–Trinajstić information content (AvgIpc) is 2.65. The highest BCUT2D eigenvalue weighted by atomic mass is 16.2. The highest BCUT2D eigenvalue weighted by molar-refractivity contribution is 5.96. The van der Waals surface area contributed by atoms with Crippen LogP contribution in [0, 0.1) is 19.3 Å². The molecule has 1 saturated heterocycles. The zero-order valence-corrected chi connectivity index (χ0v) is 14.4. The van der Waals surface area contributed by atoms with Gasteiger partial charge in [-0.05, 0) is 30.9 Å². The average molecular weight is 319 g/mol. The molecule has 6 heteroatoms. The van der Waals surface area contributed by atoms with Crippen molar-refractivity contribution in [3.05, 3.63) is 33.2 Å². The summed E-state index contributed by atoms with van der Waals surface area (Å²) in [4.78, 5) is 40.9. The number of carbonyl (C=O) groups is 2. The Morgan fingerprint density at radius 3 is 2.57 bits per heavy atom. The van der Waals surface area contributed by atoms with E-state index in [1.54, 1.807) is 24.8 Å². The van der Waals surface area contributed by atoms with Crippen LogP contribution in [0.2, 0.25) is 0 Å². The van der Waals surface area contributed by atoms with Crippen molar-refractivity contribution in [2.45, 2.75) is 47.1 Å². The number of carbonyl (C=O) groups excluding carboxylic acids is 2. The predicted molar refractivity (Wildman–Crippen MR) is 88.4 cm³/mol. The second kappa shape index (κ2) is 6.18. The summed E-state index contributed by atoms with van der Waals surface area (Å²) in [5, 5.41) is 2.82. The molecule has 2 N–H and O–H groups in total. The fourth-order valence-electron chi connectivity index (χ4n) is 2.99. The van der Waals surface area contributed by atoms with Crippen LogP contribution < -0.4 is 10.9 Å². The van der Waals surface area contributed by atoms with Gasteiger partial charge in [-0.2, -0.15) is 0 Å². The molecule has 2 rings (SSSR count). The number of nitrogens with one attached hydrogen (secondary N) is 2. The van der Waals surface area contributed by atoms with E-state index < -0.39 is 11.5 Å². The molecular weight excluding hydrogens is 294 g/mol. The molecule has 23 heavy (non-hydrogen) atoms. The van der Waals surface area contributed by atoms with Gasteiger partial charge in [0.15, 0.2) is 0 Å². The molecule has 1 fully saturated rings. The number of aromatic nitrogens is 1. The number of pyridine rings is 1. The molecule has 1 aromatic rings. The number of aromatic amines is 1. The molecule has 0 unspecified atom stereocenters. The highest BCUT2D eigenvalue weighted by Crippen LogP contribution is 2.20. The summed E-state index contributed by atoms with van der Waals surface area (Å²) in [6, 6.07) is 1.51. The van der Waals surface area contributed by atoms with Crippen LogP contribution in [0.4, 0.5) is 0 Å². The fourth-order valence-corrected chi connectivity index (χ4v) is 2.99.